The minimum atomic E-state index is -0.222. The van der Waals surface area contributed by atoms with Crippen LogP contribution in [0, 0.1) is 0 Å². The topological polar surface area (TPSA) is 32.7 Å². The monoisotopic (exact) mass is 229 g/mol. The fraction of sp³-hybridized carbons (Fsp3) is 1.00. The molecule has 1 aliphatic carbocycles. The van der Waals surface area contributed by atoms with Gasteiger partial charge in [0.2, 0.25) is 0 Å². The summed E-state index contributed by atoms with van der Waals surface area (Å²) >= 11 is 0. The molecule has 0 aromatic carbocycles. The summed E-state index contributed by atoms with van der Waals surface area (Å²) in [6.07, 6.45) is 7.20. The molecule has 0 spiro atoms. The summed E-state index contributed by atoms with van der Waals surface area (Å²) in [5.41, 5.74) is 0. The summed E-state index contributed by atoms with van der Waals surface area (Å²) in [7, 11) is 2.10. The van der Waals surface area contributed by atoms with Crippen LogP contribution in [0.2, 0.25) is 0 Å². The molecule has 0 amide bonds. The Morgan fingerprint density at radius 2 is 1.94 bits per heavy atom. The zero-order valence-corrected chi connectivity index (χ0v) is 11.0. The van der Waals surface area contributed by atoms with Crippen LogP contribution in [0.4, 0.5) is 0 Å². The molecular formula is C13H27NO2. The first kappa shape index (κ1) is 13.9. The van der Waals surface area contributed by atoms with Crippen LogP contribution in [0.15, 0.2) is 0 Å². The van der Waals surface area contributed by atoms with E-state index in [1.54, 1.807) is 0 Å². The van der Waals surface area contributed by atoms with E-state index in [9.17, 15) is 5.11 Å². The molecule has 0 bridgehead atoms. The normalized spacial score (nSPS) is 21.6. The third-order valence-electron chi connectivity index (χ3n) is 3.47. The Morgan fingerprint density at radius 1 is 1.31 bits per heavy atom. The minimum absolute atomic E-state index is 0.183. The van der Waals surface area contributed by atoms with Crippen molar-refractivity contribution in [3.8, 4) is 0 Å². The Morgan fingerprint density at radius 3 is 2.44 bits per heavy atom. The van der Waals surface area contributed by atoms with Crippen LogP contribution in [0.3, 0.4) is 0 Å². The lowest BCUT2D eigenvalue weighted by Gasteiger charge is -2.30. The largest absolute Gasteiger partial charge is 0.393 e. The van der Waals surface area contributed by atoms with Crippen molar-refractivity contribution in [3.63, 3.8) is 0 Å². The summed E-state index contributed by atoms with van der Waals surface area (Å²) in [5.74, 6) is 0. The molecule has 1 aliphatic rings. The smallest absolute Gasteiger partial charge is 0.110 e. The Kier molecular flexibility index (Phi) is 6.32. The second kappa shape index (κ2) is 7.25. The van der Waals surface area contributed by atoms with Crippen LogP contribution in [-0.2, 0) is 4.74 Å². The number of aliphatic hydroxyl groups is 1. The van der Waals surface area contributed by atoms with Crippen molar-refractivity contribution < 1.29 is 9.84 Å². The highest BCUT2D eigenvalue weighted by molar-refractivity contribution is 4.70. The van der Waals surface area contributed by atoms with Gasteiger partial charge in [-0.25, -0.2) is 0 Å². The van der Waals surface area contributed by atoms with Gasteiger partial charge in [-0.15, -0.1) is 0 Å². The first-order valence-electron chi connectivity index (χ1n) is 6.67. The van der Waals surface area contributed by atoms with Crippen molar-refractivity contribution >= 4 is 0 Å². The molecule has 0 aliphatic heterocycles. The zero-order chi connectivity index (χ0) is 12.0. The maximum absolute atomic E-state index is 9.34. The minimum Gasteiger partial charge on any atom is -0.393 e. The molecule has 1 fully saturated rings. The van der Waals surface area contributed by atoms with Gasteiger partial charge >= 0.3 is 0 Å². The molecule has 1 N–H and O–H groups in total. The number of rotatable bonds is 7. The molecule has 0 heterocycles. The van der Waals surface area contributed by atoms with Crippen LogP contribution in [0.5, 0.6) is 0 Å². The Balaban J connectivity index is 2.36. The Labute approximate surface area is 99.8 Å². The van der Waals surface area contributed by atoms with Crippen molar-refractivity contribution in [2.45, 2.75) is 70.8 Å². The van der Waals surface area contributed by atoms with Gasteiger partial charge in [0.1, 0.15) is 6.23 Å². The number of hydrogen-bond donors (Lipinski definition) is 1. The second-order valence-electron chi connectivity index (χ2n) is 5.00. The van der Waals surface area contributed by atoms with Gasteiger partial charge in [0, 0.05) is 0 Å². The molecule has 3 heteroatoms. The molecule has 96 valence electrons. The van der Waals surface area contributed by atoms with E-state index >= 15 is 0 Å². The fourth-order valence-electron chi connectivity index (χ4n) is 2.23. The highest BCUT2D eigenvalue weighted by Crippen LogP contribution is 2.24. The Bertz CT molecular complexity index is 179. The van der Waals surface area contributed by atoms with Crippen LogP contribution in [0.25, 0.3) is 0 Å². The van der Waals surface area contributed by atoms with Crippen molar-refractivity contribution in [3.05, 3.63) is 0 Å². The summed E-state index contributed by atoms with van der Waals surface area (Å²) in [5, 5.41) is 9.34. The van der Waals surface area contributed by atoms with Crippen LogP contribution < -0.4 is 0 Å². The summed E-state index contributed by atoms with van der Waals surface area (Å²) in [6, 6.07) is 0. The maximum Gasteiger partial charge on any atom is 0.110 e. The van der Waals surface area contributed by atoms with Gasteiger partial charge < -0.3 is 9.84 Å². The lowest BCUT2D eigenvalue weighted by molar-refractivity contribution is -0.0939. The quantitative estimate of drug-likeness (QED) is 0.680. The molecule has 1 saturated carbocycles. The summed E-state index contributed by atoms with van der Waals surface area (Å²) in [4.78, 5) is 2.24. The fourth-order valence-corrected chi connectivity index (χ4v) is 2.23. The molecular weight excluding hydrogens is 202 g/mol. The number of aliphatic hydroxyl groups excluding tert-OH is 1. The third-order valence-corrected chi connectivity index (χ3v) is 3.47. The van der Waals surface area contributed by atoms with Crippen molar-refractivity contribution in [1.29, 1.82) is 0 Å². The lowest BCUT2D eigenvalue weighted by Crippen LogP contribution is -2.37. The summed E-state index contributed by atoms with van der Waals surface area (Å²) in [6.45, 7) is 4.99. The molecule has 0 aromatic rings. The molecule has 0 saturated heterocycles. The number of nitrogens with zero attached hydrogens (tertiary/aromatic N) is 1. The van der Waals surface area contributed by atoms with Crippen LogP contribution in [0.1, 0.15) is 52.4 Å². The molecule has 3 nitrogen and oxygen atoms in total. The highest BCUT2D eigenvalue weighted by atomic mass is 16.5. The van der Waals surface area contributed by atoms with E-state index in [4.69, 9.17) is 4.74 Å². The van der Waals surface area contributed by atoms with Gasteiger partial charge in [-0.05, 0) is 46.2 Å². The van der Waals surface area contributed by atoms with E-state index in [-0.39, 0.29) is 12.3 Å². The van der Waals surface area contributed by atoms with Gasteiger partial charge in [-0.2, -0.15) is 0 Å². The van der Waals surface area contributed by atoms with E-state index in [0.29, 0.717) is 6.10 Å². The number of ether oxygens (including phenoxy) is 1. The lowest BCUT2D eigenvalue weighted by atomic mass is 10.2. The van der Waals surface area contributed by atoms with Crippen LogP contribution >= 0.6 is 0 Å². The molecule has 2 unspecified atom stereocenters. The average Bonchev–Trinajstić information content (AvgIpc) is 2.75. The predicted octanol–water partition coefficient (Wildman–Crippen LogP) is 2.38. The SMILES string of the molecule is CCN(C)C(CCC(C)O)OC1CCCC1. The zero-order valence-electron chi connectivity index (χ0n) is 11.0. The van der Waals surface area contributed by atoms with E-state index in [1.807, 2.05) is 6.92 Å². The number of hydrogen-bond acceptors (Lipinski definition) is 3. The van der Waals surface area contributed by atoms with E-state index in [0.717, 1.165) is 19.4 Å². The third kappa shape index (κ3) is 4.81. The van der Waals surface area contributed by atoms with Gasteiger partial charge in [0.25, 0.3) is 0 Å². The van der Waals surface area contributed by atoms with Gasteiger partial charge in [0.05, 0.1) is 12.2 Å². The molecule has 16 heavy (non-hydrogen) atoms. The first-order chi connectivity index (χ1) is 7.63. The van der Waals surface area contributed by atoms with Gasteiger partial charge in [-0.3, -0.25) is 4.90 Å². The standard InChI is InChI=1S/C13H27NO2/c1-4-14(3)13(10-9-11(2)15)16-12-7-5-6-8-12/h11-13,15H,4-10H2,1-3H3. The molecule has 2 atom stereocenters. The van der Waals surface area contributed by atoms with E-state index in [1.165, 1.54) is 25.7 Å². The maximum atomic E-state index is 9.34. The van der Waals surface area contributed by atoms with Crippen LogP contribution in [-0.4, -0.2) is 42.0 Å². The van der Waals surface area contributed by atoms with Crippen molar-refractivity contribution in [1.82, 2.24) is 4.90 Å². The predicted molar refractivity (Wildman–Crippen MR) is 66.3 cm³/mol. The van der Waals surface area contributed by atoms with Crippen molar-refractivity contribution in [2.75, 3.05) is 13.6 Å². The summed E-state index contributed by atoms with van der Waals surface area (Å²) < 4.78 is 6.13. The molecule has 0 aromatic heterocycles. The highest BCUT2D eigenvalue weighted by Gasteiger charge is 2.22. The average molecular weight is 229 g/mol. The van der Waals surface area contributed by atoms with Crippen molar-refractivity contribution in [2.24, 2.45) is 0 Å². The molecule has 1 rings (SSSR count). The second-order valence-corrected chi connectivity index (χ2v) is 5.00. The van der Waals surface area contributed by atoms with Gasteiger partial charge in [0.15, 0.2) is 0 Å². The first-order valence-corrected chi connectivity index (χ1v) is 6.67. The molecule has 0 radical (unpaired) electrons. The van der Waals surface area contributed by atoms with E-state index < -0.39 is 0 Å². The van der Waals surface area contributed by atoms with Gasteiger partial charge in [-0.1, -0.05) is 19.8 Å². The Hall–Kier alpha value is -0.120. The van der Waals surface area contributed by atoms with E-state index in [2.05, 4.69) is 18.9 Å².